The molecule has 0 amide bonds. The molecule has 0 aliphatic heterocycles. The first-order valence-corrected chi connectivity index (χ1v) is 6.91. The predicted octanol–water partition coefficient (Wildman–Crippen LogP) is 2.13. The number of hydrogen-bond acceptors (Lipinski definition) is 5. The van der Waals surface area contributed by atoms with Crippen molar-refractivity contribution in [1.29, 1.82) is 5.26 Å². The molecular formula is C17H13N2O4-. The number of carbonyl (C=O) groups is 1. The smallest absolute Gasteiger partial charge is 0.269 e. The summed E-state index contributed by atoms with van der Waals surface area (Å²) >= 11 is 0. The monoisotopic (exact) mass is 309 g/mol. The molecule has 0 spiro atoms. The van der Waals surface area contributed by atoms with Crippen LogP contribution in [0.15, 0.2) is 54.6 Å². The van der Waals surface area contributed by atoms with E-state index in [0.29, 0.717) is 11.1 Å². The molecular weight excluding hydrogens is 296 g/mol. The first-order chi connectivity index (χ1) is 11.0. The van der Waals surface area contributed by atoms with Crippen molar-refractivity contribution >= 4 is 11.7 Å². The summed E-state index contributed by atoms with van der Waals surface area (Å²) in [5.41, 5.74) is 0.946. The molecule has 0 saturated heterocycles. The molecule has 0 aliphatic rings. The maximum atomic E-state index is 11.1. The lowest BCUT2D eigenvalue weighted by Crippen LogP contribution is -2.26. The van der Waals surface area contributed by atoms with Gasteiger partial charge in [-0.2, -0.15) is 5.26 Å². The number of benzene rings is 2. The van der Waals surface area contributed by atoms with E-state index in [-0.39, 0.29) is 5.69 Å². The van der Waals surface area contributed by atoms with Crippen LogP contribution in [-0.2, 0) is 4.79 Å². The average molecular weight is 309 g/mol. The Morgan fingerprint density at radius 2 is 1.78 bits per heavy atom. The fourth-order valence-corrected chi connectivity index (χ4v) is 2.53. The number of nitro benzene ring substituents is 1. The summed E-state index contributed by atoms with van der Waals surface area (Å²) in [6.07, 6.45) is -0.395. The third-order valence-electron chi connectivity index (χ3n) is 3.60. The summed E-state index contributed by atoms with van der Waals surface area (Å²) in [5.74, 6) is -2.78. The van der Waals surface area contributed by atoms with Crippen LogP contribution in [0.2, 0.25) is 0 Å². The van der Waals surface area contributed by atoms with Crippen molar-refractivity contribution in [3.05, 3.63) is 75.8 Å². The lowest BCUT2D eigenvalue weighted by Gasteiger charge is -2.23. The molecule has 6 nitrogen and oxygen atoms in total. The van der Waals surface area contributed by atoms with Gasteiger partial charge in [0.2, 0.25) is 0 Å². The summed E-state index contributed by atoms with van der Waals surface area (Å²) in [6, 6.07) is 16.6. The summed E-state index contributed by atoms with van der Waals surface area (Å²) in [5, 5.41) is 31.5. The van der Waals surface area contributed by atoms with Gasteiger partial charge >= 0.3 is 0 Å². The molecule has 0 radical (unpaired) electrons. The molecule has 0 saturated carbocycles. The normalized spacial score (nSPS) is 12.8. The van der Waals surface area contributed by atoms with Gasteiger partial charge in [-0.25, -0.2) is 0 Å². The number of carbonyl (C=O) groups excluding carboxylic acids is 1. The molecule has 0 aromatic heterocycles. The van der Waals surface area contributed by atoms with Crippen LogP contribution >= 0.6 is 0 Å². The number of rotatable bonds is 6. The van der Waals surface area contributed by atoms with Crippen LogP contribution in [0.3, 0.4) is 0 Å². The highest BCUT2D eigenvalue weighted by Gasteiger charge is 2.26. The number of carboxylic acids is 1. The Bertz CT molecular complexity index is 753. The molecule has 0 fully saturated rings. The minimum atomic E-state index is -1.31. The zero-order valence-electron chi connectivity index (χ0n) is 12.1. The Labute approximate surface area is 132 Å². The van der Waals surface area contributed by atoms with Crippen molar-refractivity contribution in [3.8, 4) is 6.07 Å². The fourth-order valence-electron chi connectivity index (χ4n) is 2.53. The highest BCUT2D eigenvalue weighted by molar-refractivity contribution is 5.66. The summed E-state index contributed by atoms with van der Waals surface area (Å²) < 4.78 is 0. The fraction of sp³-hybridized carbons (Fsp3) is 0.176. The van der Waals surface area contributed by atoms with Crippen LogP contribution in [-0.4, -0.2) is 10.9 Å². The molecule has 2 atom stereocenters. The Balaban J connectivity index is 2.48. The molecule has 0 N–H and O–H groups in total. The van der Waals surface area contributed by atoms with Crippen molar-refractivity contribution in [2.75, 3.05) is 0 Å². The lowest BCUT2D eigenvalue weighted by molar-refractivity contribution is -0.384. The Hall–Kier alpha value is -3.20. The first-order valence-electron chi connectivity index (χ1n) is 6.91. The summed E-state index contributed by atoms with van der Waals surface area (Å²) in [4.78, 5) is 21.5. The summed E-state index contributed by atoms with van der Waals surface area (Å²) in [6.45, 7) is 0. The largest absolute Gasteiger partial charge is 0.550 e. The van der Waals surface area contributed by atoms with Gasteiger partial charge in [0.1, 0.15) is 0 Å². The van der Waals surface area contributed by atoms with Crippen molar-refractivity contribution in [2.45, 2.75) is 18.3 Å². The van der Waals surface area contributed by atoms with Gasteiger partial charge in [-0.15, -0.1) is 0 Å². The van der Waals surface area contributed by atoms with Gasteiger partial charge in [0.15, 0.2) is 0 Å². The van der Waals surface area contributed by atoms with Crippen LogP contribution < -0.4 is 5.11 Å². The molecule has 2 rings (SSSR count). The molecule has 0 heterocycles. The van der Waals surface area contributed by atoms with E-state index in [1.54, 1.807) is 36.4 Å². The van der Waals surface area contributed by atoms with E-state index in [4.69, 9.17) is 0 Å². The van der Waals surface area contributed by atoms with Gasteiger partial charge in [0.05, 0.1) is 16.9 Å². The van der Waals surface area contributed by atoms with Gasteiger partial charge in [0.25, 0.3) is 5.69 Å². The second kappa shape index (κ2) is 7.18. The zero-order chi connectivity index (χ0) is 16.8. The van der Waals surface area contributed by atoms with Gasteiger partial charge in [-0.05, 0) is 17.5 Å². The number of non-ortho nitro benzene ring substituents is 1. The first kappa shape index (κ1) is 16.2. The molecule has 2 aromatic rings. The zero-order valence-corrected chi connectivity index (χ0v) is 12.1. The second-order valence-corrected chi connectivity index (χ2v) is 5.05. The Kier molecular flexibility index (Phi) is 5.05. The number of nitrogens with zero attached hydrogens (tertiary/aromatic N) is 2. The minimum absolute atomic E-state index is 0.143. The van der Waals surface area contributed by atoms with E-state index in [1.165, 1.54) is 18.2 Å². The van der Waals surface area contributed by atoms with Gasteiger partial charge < -0.3 is 9.90 Å². The van der Waals surface area contributed by atoms with Crippen molar-refractivity contribution in [1.82, 2.24) is 0 Å². The number of nitriles is 1. The van der Waals surface area contributed by atoms with E-state index in [9.17, 15) is 25.3 Å². The number of nitro groups is 1. The Morgan fingerprint density at radius 1 is 1.13 bits per heavy atom. The molecule has 0 aliphatic carbocycles. The minimum Gasteiger partial charge on any atom is -0.550 e. The van der Waals surface area contributed by atoms with Crippen LogP contribution in [0.4, 0.5) is 5.69 Å². The third-order valence-corrected chi connectivity index (χ3v) is 3.60. The highest BCUT2D eigenvalue weighted by Crippen LogP contribution is 2.36. The lowest BCUT2D eigenvalue weighted by atomic mass is 9.80. The maximum Gasteiger partial charge on any atom is 0.269 e. The van der Waals surface area contributed by atoms with Crippen molar-refractivity contribution in [2.24, 2.45) is 0 Å². The average Bonchev–Trinajstić information content (AvgIpc) is 2.55. The number of aliphatic carboxylic acids is 1. The molecule has 0 bridgehead atoms. The van der Waals surface area contributed by atoms with Crippen molar-refractivity contribution < 1.29 is 14.8 Å². The maximum absolute atomic E-state index is 11.1. The van der Waals surface area contributed by atoms with Crippen molar-refractivity contribution in [3.63, 3.8) is 0 Å². The van der Waals surface area contributed by atoms with Crippen LogP contribution in [0.5, 0.6) is 0 Å². The van der Waals surface area contributed by atoms with Crippen LogP contribution in [0.25, 0.3) is 0 Å². The van der Waals surface area contributed by atoms with Gasteiger partial charge in [-0.3, -0.25) is 10.1 Å². The SMILES string of the molecule is N#CC(c1ccccc1)C(CC(=O)[O-])c1cccc([N+](=O)[O-])c1. The van der Waals surface area contributed by atoms with E-state index < -0.39 is 29.1 Å². The molecule has 2 aromatic carbocycles. The second-order valence-electron chi connectivity index (χ2n) is 5.05. The molecule has 23 heavy (non-hydrogen) atoms. The van der Waals surface area contributed by atoms with Crippen LogP contribution in [0, 0.1) is 21.4 Å². The molecule has 116 valence electrons. The van der Waals surface area contributed by atoms with E-state index >= 15 is 0 Å². The van der Waals surface area contributed by atoms with Gasteiger partial charge in [-0.1, -0.05) is 42.5 Å². The standard InChI is InChI=1S/C17H14N2O4/c18-11-16(12-5-2-1-3-6-12)15(10-17(20)21)13-7-4-8-14(9-13)19(22)23/h1-9,15-16H,10H2,(H,20,21)/p-1. The third kappa shape index (κ3) is 3.92. The summed E-state index contributed by atoms with van der Waals surface area (Å²) in [7, 11) is 0. The topological polar surface area (TPSA) is 107 Å². The van der Waals surface area contributed by atoms with E-state index in [2.05, 4.69) is 6.07 Å². The number of carboxylic acid groups (broad SMARTS) is 1. The van der Waals surface area contributed by atoms with Gasteiger partial charge in [0, 0.05) is 24.0 Å². The van der Waals surface area contributed by atoms with E-state index in [0.717, 1.165) is 0 Å². The molecule has 2 unspecified atom stereocenters. The Morgan fingerprint density at radius 3 is 2.35 bits per heavy atom. The highest BCUT2D eigenvalue weighted by atomic mass is 16.6. The number of hydrogen-bond donors (Lipinski definition) is 0. The predicted molar refractivity (Wildman–Crippen MR) is 80.3 cm³/mol. The van der Waals surface area contributed by atoms with E-state index in [1.807, 2.05) is 0 Å². The molecule has 6 heteroatoms. The quantitative estimate of drug-likeness (QED) is 0.600. The van der Waals surface area contributed by atoms with Crippen LogP contribution in [0.1, 0.15) is 29.4 Å².